The van der Waals surface area contributed by atoms with Crippen LogP contribution in [0, 0.1) is 0 Å². The number of aliphatic hydroxyl groups excluding tert-OH is 2. The van der Waals surface area contributed by atoms with Gasteiger partial charge in [0.25, 0.3) is 0 Å². The van der Waals surface area contributed by atoms with Crippen LogP contribution in [-0.2, 0) is 0 Å². The average Bonchev–Trinajstić information content (AvgIpc) is 2.87. The van der Waals surface area contributed by atoms with Crippen LogP contribution in [0.1, 0.15) is 6.42 Å². The Morgan fingerprint density at radius 3 is 1.67 bits per heavy atom. The first kappa shape index (κ1) is 12.8. The van der Waals surface area contributed by atoms with E-state index in [0.717, 1.165) is 11.5 Å². The predicted molar refractivity (Wildman–Crippen MR) is 74.0 cm³/mol. The summed E-state index contributed by atoms with van der Waals surface area (Å²) in [5, 5.41) is 19.0. The quantitative estimate of drug-likeness (QED) is 0.819. The van der Waals surface area contributed by atoms with Gasteiger partial charge in [0, 0.05) is 22.0 Å². The molecule has 15 heavy (non-hydrogen) atoms. The topological polar surface area (TPSA) is 40.5 Å². The molecule has 4 atom stereocenters. The number of rotatable bonds is 4. The van der Waals surface area contributed by atoms with E-state index in [1.807, 2.05) is 47.0 Å². The molecule has 0 aromatic rings. The van der Waals surface area contributed by atoms with E-state index in [2.05, 4.69) is 0 Å². The predicted octanol–water partition coefficient (Wildman–Crippen LogP) is 1.71. The summed E-state index contributed by atoms with van der Waals surface area (Å²) in [5.74, 6) is 2.19. The molecule has 2 rings (SSSR count). The summed E-state index contributed by atoms with van der Waals surface area (Å²) in [6, 6.07) is 0. The van der Waals surface area contributed by atoms with E-state index in [1.165, 1.54) is 6.42 Å². The van der Waals surface area contributed by atoms with Crippen molar-refractivity contribution in [2.75, 3.05) is 24.7 Å². The summed E-state index contributed by atoms with van der Waals surface area (Å²) < 4.78 is 1.31. The minimum absolute atomic E-state index is 0.318. The fraction of sp³-hybridized carbons (Fsp3) is 1.00. The van der Waals surface area contributed by atoms with E-state index in [4.69, 9.17) is 10.2 Å². The van der Waals surface area contributed by atoms with Crippen LogP contribution in [-0.4, -0.2) is 54.6 Å². The van der Waals surface area contributed by atoms with Crippen LogP contribution in [0.3, 0.4) is 0 Å². The number of hydrogen-bond donors (Lipinski definition) is 2. The van der Waals surface area contributed by atoms with Crippen LogP contribution in [0.25, 0.3) is 0 Å². The van der Waals surface area contributed by atoms with Gasteiger partial charge in [0.15, 0.2) is 0 Å². The second-order valence-electron chi connectivity index (χ2n) is 3.64. The Morgan fingerprint density at radius 2 is 1.33 bits per heavy atom. The Morgan fingerprint density at radius 1 is 0.867 bits per heavy atom. The summed E-state index contributed by atoms with van der Waals surface area (Å²) in [6.45, 7) is 0.636. The third-order valence-electron chi connectivity index (χ3n) is 2.42. The molecule has 0 radical (unpaired) electrons. The second kappa shape index (κ2) is 6.31. The largest absolute Gasteiger partial charge is 0.395 e. The Hall–Kier alpha value is 1.32. The highest BCUT2D eigenvalue weighted by Crippen LogP contribution is 2.47. The maximum atomic E-state index is 9.05. The third kappa shape index (κ3) is 3.64. The zero-order chi connectivity index (χ0) is 10.7. The molecule has 0 aromatic carbocycles. The zero-order valence-electron chi connectivity index (χ0n) is 8.37. The maximum Gasteiger partial charge on any atom is 0.0558 e. The van der Waals surface area contributed by atoms with Crippen molar-refractivity contribution in [1.82, 2.24) is 0 Å². The lowest BCUT2D eigenvalue weighted by molar-refractivity contribution is 0.301. The van der Waals surface area contributed by atoms with Crippen molar-refractivity contribution in [2.24, 2.45) is 0 Å². The van der Waals surface area contributed by atoms with Crippen LogP contribution in [0.15, 0.2) is 0 Å². The fourth-order valence-electron chi connectivity index (χ4n) is 1.61. The summed E-state index contributed by atoms with van der Waals surface area (Å²) in [5.41, 5.74) is 0. The molecule has 0 aromatic heterocycles. The lowest BCUT2D eigenvalue weighted by Gasteiger charge is -2.13. The molecular weight excluding hydrogens is 268 g/mol. The third-order valence-corrected chi connectivity index (χ3v) is 9.03. The Kier molecular flexibility index (Phi) is 5.37. The van der Waals surface area contributed by atoms with E-state index in [-0.39, 0.29) is 0 Å². The van der Waals surface area contributed by atoms with Crippen LogP contribution < -0.4 is 0 Å². The standard InChI is InChI=1S/C9H16O2S4/c10-2-6-4-12-8(14-6)1-9-13-5-7(3-11)15-9/h6-11H,1-5H2. The molecule has 2 saturated heterocycles. The minimum atomic E-state index is 0.318. The summed E-state index contributed by atoms with van der Waals surface area (Å²) >= 11 is 7.83. The molecule has 2 N–H and O–H groups in total. The van der Waals surface area contributed by atoms with E-state index in [1.54, 1.807) is 0 Å². The van der Waals surface area contributed by atoms with Gasteiger partial charge in [-0.15, -0.1) is 47.0 Å². The number of hydrogen-bond acceptors (Lipinski definition) is 6. The van der Waals surface area contributed by atoms with Gasteiger partial charge in [0.2, 0.25) is 0 Å². The molecule has 0 saturated carbocycles. The van der Waals surface area contributed by atoms with Gasteiger partial charge in [0.1, 0.15) is 0 Å². The Bertz CT molecular complexity index is 185. The molecule has 0 aliphatic carbocycles. The molecule has 2 nitrogen and oxygen atoms in total. The average molecular weight is 284 g/mol. The summed E-state index contributed by atoms with van der Waals surface area (Å²) in [7, 11) is 0. The molecule has 0 spiro atoms. The Balaban J connectivity index is 1.70. The van der Waals surface area contributed by atoms with Gasteiger partial charge >= 0.3 is 0 Å². The molecule has 6 heteroatoms. The highest BCUT2D eigenvalue weighted by Gasteiger charge is 2.32. The Labute approximate surface area is 108 Å². The van der Waals surface area contributed by atoms with E-state index in [9.17, 15) is 0 Å². The lowest BCUT2D eigenvalue weighted by atomic mass is 10.5. The van der Waals surface area contributed by atoms with Crippen molar-refractivity contribution in [2.45, 2.75) is 26.1 Å². The van der Waals surface area contributed by atoms with E-state index in [0.29, 0.717) is 32.9 Å². The van der Waals surface area contributed by atoms with Gasteiger partial charge in [-0.3, -0.25) is 0 Å². The van der Waals surface area contributed by atoms with Gasteiger partial charge in [-0.1, -0.05) is 0 Å². The van der Waals surface area contributed by atoms with E-state index >= 15 is 0 Å². The first-order valence-corrected chi connectivity index (χ1v) is 9.06. The lowest BCUT2D eigenvalue weighted by Crippen LogP contribution is -2.08. The normalized spacial score (nSPS) is 41.2. The fourth-order valence-corrected chi connectivity index (χ4v) is 8.61. The number of aliphatic hydroxyl groups is 2. The van der Waals surface area contributed by atoms with Crippen LogP contribution in [0.5, 0.6) is 0 Å². The van der Waals surface area contributed by atoms with Gasteiger partial charge in [-0.2, -0.15) is 0 Å². The SMILES string of the molecule is OCC1CSC(CC2SCC(CO)S2)S1. The molecule has 2 aliphatic rings. The van der Waals surface area contributed by atoms with Crippen LogP contribution in [0.4, 0.5) is 0 Å². The molecule has 88 valence electrons. The molecule has 2 aliphatic heterocycles. The van der Waals surface area contributed by atoms with Gasteiger partial charge in [-0.05, 0) is 6.42 Å². The summed E-state index contributed by atoms with van der Waals surface area (Å²) in [4.78, 5) is 0. The first-order chi connectivity index (χ1) is 7.31. The van der Waals surface area contributed by atoms with Crippen molar-refractivity contribution in [3.63, 3.8) is 0 Å². The molecule has 0 amide bonds. The van der Waals surface area contributed by atoms with Gasteiger partial charge in [-0.25, -0.2) is 0 Å². The van der Waals surface area contributed by atoms with Gasteiger partial charge in [0.05, 0.1) is 22.4 Å². The van der Waals surface area contributed by atoms with Crippen LogP contribution >= 0.6 is 47.0 Å². The molecule has 0 bridgehead atoms. The summed E-state index contributed by atoms with van der Waals surface area (Å²) in [6.07, 6.45) is 1.21. The van der Waals surface area contributed by atoms with Crippen molar-refractivity contribution in [3.8, 4) is 0 Å². The maximum absolute atomic E-state index is 9.05. The minimum Gasteiger partial charge on any atom is -0.395 e. The van der Waals surface area contributed by atoms with Crippen molar-refractivity contribution >= 4 is 47.0 Å². The van der Waals surface area contributed by atoms with Crippen molar-refractivity contribution in [1.29, 1.82) is 0 Å². The highest BCUT2D eigenvalue weighted by atomic mass is 32.2. The highest BCUT2D eigenvalue weighted by molar-refractivity contribution is 8.22. The van der Waals surface area contributed by atoms with Gasteiger partial charge < -0.3 is 10.2 Å². The molecule has 4 unspecified atom stereocenters. The molecule has 2 fully saturated rings. The molecular formula is C9H16O2S4. The zero-order valence-corrected chi connectivity index (χ0v) is 11.6. The first-order valence-electron chi connectivity index (χ1n) is 5.07. The number of thioether (sulfide) groups is 4. The van der Waals surface area contributed by atoms with Crippen molar-refractivity contribution in [3.05, 3.63) is 0 Å². The van der Waals surface area contributed by atoms with E-state index < -0.39 is 0 Å². The second-order valence-corrected chi connectivity index (χ2v) is 9.73. The monoisotopic (exact) mass is 284 g/mol. The molecule has 2 heterocycles. The van der Waals surface area contributed by atoms with Crippen LogP contribution in [0.2, 0.25) is 0 Å². The smallest absolute Gasteiger partial charge is 0.0558 e. The van der Waals surface area contributed by atoms with Crippen molar-refractivity contribution < 1.29 is 10.2 Å².